The second kappa shape index (κ2) is 3.90. The summed E-state index contributed by atoms with van der Waals surface area (Å²) in [7, 11) is 0. The van der Waals surface area contributed by atoms with Gasteiger partial charge < -0.3 is 0 Å². The first-order valence-electron chi connectivity index (χ1n) is 3.39. The molecule has 0 aromatic carbocycles. The maximum Gasteiger partial charge on any atom is 0.0235 e. The smallest absolute Gasteiger partial charge is 0.0235 e. The number of hydrogen-bond donors (Lipinski definition) is 0. The third kappa shape index (κ3) is 3.03. The average Bonchev–Trinajstić information content (AvgIpc) is 1.67. The number of nitrogens with one attached hydrogen (secondary N) is 1. The highest BCUT2D eigenvalue weighted by molar-refractivity contribution is 4.62. The first-order valence-corrected chi connectivity index (χ1v) is 3.39. The lowest BCUT2D eigenvalue weighted by atomic mass is 10.0. The highest BCUT2D eigenvalue weighted by atomic mass is 14.6. The predicted molar refractivity (Wildman–Crippen MR) is 36.6 cm³/mol. The van der Waals surface area contributed by atoms with E-state index in [2.05, 4.69) is 20.8 Å². The third-order valence-electron chi connectivity index (χ3n) is 1.40. The molecule has 0 amide bonds. The van der Waals surface area contributed by atoms with Crippen molar-refractivity contribution < 1.29 is 0 Å². The normalized spacial score (nSPS) is 14.6. The van der Waals surface area contributed by atoms with E-state index in [1.165, 1.54) is 0 Å². The highest BCUT2D eigenvalue weighted by Gasteiger charge is 2.04. The molecule has 49 valence electrons. The SMILES string of the molecule is CCCC([NH])C(C)C. The van der Waals surface area contributed by atoms with Gasteiger partial charge in [0.2, 0.25) is 0 Å². The summed E-state index contributed by atoms with van der Waals surface area (Å²) >= 11 is 0. The van der Waals surface area contributed by atoms with Gasteiger partial charge in [-0.05, 0) is 12.3 Å². The monoisotopic (exact) mass is 114 g/mol. The Kier molecular flexibility index (Phi) is 3.88. The zero-order valence-corrected chi connectivity index (χ0v) is 6.07. The van der Waals surface area contributed by atoms with Gasteiger partial charge in [0.1, 0.15) is 0 Å². The van der Waals surface area contributed by atoms with Crippen LogP contribution in [0.3, 0.4) is 0 Å². The van der Waals surface area contributed by atoms with Crippen LogP contribution in [0.5, 0.6) is 0 Å². The molecule has 0 aliphatic carbocycles. The summed E-state index contributed by atoms with van der Waals surface area (Å²) in [5.74, 6) is 0.537. The van der Waals surface area contributed by atoms with Crippen LogP contribution in [0.2, 0.25) is 0 Å². The molecule has 0 fully saturated rings. The Bertz CT molecular complexity index is 50.3. The largest absolute Gasteiger partial charge is 0.254 e. The fourth-order valence-electron chi connectivity index (χ4n) is 0.644. The molecule has 1 unspecified atom stereocenters. The first kappa shape index (κ1) is 7.96. The van der Waals surface area contributed by atoms with Crippen molar-refractivity contribution in [3.05, 3.63) is 0 Å². The van der Waals surface area contributed by atoms with E-state index in [4.69, 9.17) is 5.73 Å². The van der Waals surface area contributed by atoms with E-state index in [0.717, 1.165) is 12.8 Å². The van der Waals surface area contributed by atoms with Crippen molar-refractivity contribution in [1.29, 1.82) is 0 Å². The van der Waals surface area contributed by atoms with E-state index in [0.29, 0.717) is 5.92 Å². The van der Waals surface area contributed by atoms with Crippen LogP contribution in [0.15, 0.2) is 0 Å². The summed E-state index contributed by atoms with van der Waals surface area (Å²) in [4.78, 5) is 0. The Morgan fingerprint density at radius 2 is 1.88 bits per heavy atom. The van der Waals surface area contributed by atoms with Crippen molar-refractivity contribution in [3.8, 4) is 0 Å². The van der Waals surface area contributed by atoms with Crippen molar-refractivity contribution in [3.63, 3.8) is 0 Å². The lowest BCUT2D eigenvalue weighted by molar-refractivity contribution is 0.448. The summed E-state index contributed by atoms with van der Waals surface area (Å²) in [6, 6.07) is 0.167. The quantitative estimate of drug-likeness (QED) is 0.536. The van der Waals surface area contributed by atoms with Crippen LogP contribution in [0.4, 0.5) is 0 Å². The summed E-state index contributed by atoms with van der Waals surface area (Å²) in [5.41, 5.74) is 7.43. The van der Waals surface area contributed by atoms with E-state index >= 15 is 0 Å². The molecule has 1 atom stereocenters. The van der Waals surface area contributed by atoms with Crippen LogP contribution in [0.25, 0.3) is 0 Å². The molecule has 0 rings (SSSR count). The van der Waals surface area contributed by atoms with Crippen molar-refractivity contribution in [2.45, 2.75) is 39.7 Å². The molecule has 1 radical (unpaired) electrons. The Balaban J connectivity index is 3.17. The molecule has 0 aliphatic heterocycles. The number of hydrogen-bond acceptors (Lipinski definition) is 0. The first-order chi connectivity index (χ1) is 3.68. The van der Waals surface area contributed by atoms with Gasteiger partial charge in [0, 0.05) is 6.04 Å². The molecular weight excluding hydrogens is 98.1 g/mol. The molecule has 0 saturated carbocycles. The van der Waals surface area contributed by atoms with Gasteiger partial charge in [0.05, 0.1) is 0 Å². The van der Waals surface area contributed by atoms with Gasteiger partial charge in [-0.15, -0.1) is 0 Å². The molecule has 0 heterocycles. The molecule has 0 spiro atoms. The third-order valence-corrected chi connectivity index (χ3v) is 1.40. The molecular formula is C7H16N. The van der Waals surface area contributed by atoms with E-state index in [-0.39, 0.29) is 6.04 Å². The molecule has 1 N–H and O–H groups in total. The highest BCUT2D eigenvalue weighted by Crippen LogP contribution is 2.05. The molecule has 0 bridgehead atoms. The Morgan fingerprint density at radius 1 is 1.38 bits per heavy atom. The molecule has 0 aromatic heterocycles. The fraction of sp³-hybridized carbons (Fsp3) is 1.00. The minimum absolute atomic E-state index is 0.167. The van der Waals surface area contributed by atoms with Gasteiger partial charge in [-0.25, -0.2) is 0 Å². The Morgan fingerprint density at radius 3 is 2.00 bits per heavy atom. The van der Waals surface area contributed by atoms with E-state index in [9.17, 15) is 0 Å². The molecule has 8 heavy (non-hydrogen) atoms. The lowest BCUT2D eigenvalue weighted by Crippen LogP contribution is -2.15. The molecule has 0 aliphatic rings. The van der Waals surface area contributed by atoms with Crippen LogP contribution in [-0.4, -0.2) is 6.04 Å². The van der Waals surface area contributed by atoms with Gasteiger partial charge >= 0.3 is 0 Å². The van der Waals surface area contributed by atoms with Gasteiger partial charge in [0.25, 0.3) is 0 Å². The maximum absolute atomic E-state index is 7.43. The maximum atomic E-state index is 7.43. The zero-order valence-electron chi connectivity index (χ0n) is 6.07. The standard InChI is InChI=1S/C7H16N/c1-4-5-7(8)6(2)3/h6-8H,4-5H2,1-3H3. The predicted octanol–water partition coefficient (Wildman–Crippen LogP) is 2.09. The Labute approximate surface area is 52.3 Å². The van der Waals surface area contributed by atoms with Gasteiger partial charge in [0.15, 0.2) is 0 Å². The minimum Gasteiger partial charge on any atom is -0.254 e. The van der Waals surface area contributed by atoms with E-state index in [1.54, 1.807) is 0 Å². The second-order valence-electron chi connectivity index (χ2n) is 2.64. The number of rotatable bonds is 3. The van der Waals surface area contributed by atoms with Gasteiger partial charge in [-0.1, -0.05) is 27.2 Å². The fourth-order valence-corrected chi connectivity index (χ4v) is 0.644. The van der Waals surface area contributed by atoms with Gasteiger partial charge in [-0.3, -0.25) is 5.73 Å². The minimum atomic E-state index is 0.167. The average molecular weight is 114 g/mol. The van der Waals surface area contributed by atoms with Crippen LogP contribution in [0.1, 0.15) is 33.6 Å². The molecule has 1 nitrogen and oxygen atoms in total. The van der Waals surface area contributed by atoms with Crippen molar-refractivity contribution in [2.24, 2.45) is 5.92 Å². The Hall–Kier alpha value is -0.0400. The van der Waals surface area contributed by atoms with Crippen molar-refractivity contribution in [2.75, 3.05) is 0 Å². The zero-order chi connectivity index (χ0) is 6.57. The summed E-state index contributed by atoms with van der Waals surface area (Å²) in [6.07, 6.45) is 2.20. The summed E-state index contributed by atoms with van der Waals surface area (Å²) in [6.45, 7) is 6.34. The molecule has 0 aromatic rings. The van der Waals surface area contributed by atoms with Crippen molar-refractivity contribution >= 4 is 0 Å². The van der Waals surface area contributed by atoms with Gasteiger partial charge in [-0.2, -0.15) is 0 Å². The van der Waals surface area contributed by atoms with Crippen molar-refractivity contribution in [1.82, 2.24) is 5.73 Å². The molecule has 0 saturated heterocycles. The van der Waals surface area contributed by atoms with Crippen LogP contribution in [-0.2, 0) is 0 Å². The second-order valence-corrected chi connectivity index (χ2v) is 2.64. The van der Waals surface area contributed by atoms with Crippen LogP contribution in [0, 0.1) is 5.92 Å². The van der Waals surface area contributed by atoms with Crippen LogP contribution >= 0.6 is 0 Å². The van der Waals surface area contributed by atoms with E-state index < -0.39 is 0 Å². The van der Waals surface area contributed by atoms with Crippen LogP contribution < -0.4 is 5.73 Å². The lowest BCUT2D eigenvalue weighted by Gasteiger charge is -2.11. The topological polar surface area (TPSA) is 23.8 Å². The van der Waals surface area contributed by atoms with E-state index in [1.807, 2.05) is 0 Å². The molecule has 1 heteroatoms. The summed E-state index contributed by atoms with van der Waals surface area (Å²) < 4.78 is 0. The summed E-state index contributed by atoms with van der Waals surface area (Å²) in [5, 5.41) is 0.